The molecule has 338 valence electrons. The van der Waals surface area contributed by atoms with Crippen LogP contribution in [-0.2, 0) is 23.8 Å². The summed E-state index contributed by atoms with van der Waals surface area (Å²) in [6.45, 7) is 7.38. The van der Waals surface area contributed by atoms with Crippen LogP contribution in [0.4, 0.5) is 0 Å². The Morgan fingerprint density at radius 1 is 0.383 bits per heavy atom. The van der Waals surface area contributed by atoms with Gasteiger partial charge in [0.1, 0.15) is 6.61 Å². The summed E-state index contributed by atoms with van der Waals surface area (Å²) in [6, 6.07) is 0. The minimum absolute atomic E-state index is 0.00865. The Bertz CT molecular complexity index is 1260. The van der Waals surface area contributed by atoms with Crippen LogP contribution < -0.4 is 0 Å². The number of allylic oxidation sites excluding steroid dienone is 20. The van der Waals surface area contributed by atoms with Gasteiger partial charge < -0.3 is 14.2 Å². The molecule has 1 atom stereocenters. The summed E-state index contributed by atoms with van der Waals surface area (Å²) in [5.41, 5.74) is 0. The van der Waals surface area contributed by atoms with E-state index >= 15 is 0 Å². The monoisotopic (exact) mass is 829 g/mol. The van der Waals surface area contributed by atoms with E-state index in [9.17, 15) is 9.59 Å². The lowest BCUT2D eigenvalue weighted by molar-refractivity contribution is -0.162. The summed E-state index contributed by atoms with van der Waals surface area (Å²) in [5, 5.41) is 0. The van der Waals surface area contributed by atoms with Crippen molar-refractivity contribution in [2.24, 2.45) is 0 Å². The molecule has 0 heterocycles. The van der Waals surface area contributed by atoms with Gasteiger partial charge in [0.05, 0.1) is 6.61 Å². The Kier molecular flexibility index (Phi) is 46.6. The summed E-state index contributed by atoms with van der Waals surface area (Å²) in [4.78, 5) is 25.2. The van der Waals surface area contributed by atoms with E-state index in [1.807, 2.05) is 12.2 Å². The fourth-order valence-corrected chi connectivity index (χ4v) is 5.98. The minimum atomic E-state index is -0.613. The topological polar surface area (TPSA) is 61.8 Å². The Balaban J connectivity index is 4.45. The molecule has 1 unspecified atom stereocenters. The number of hydrogen-bond donors (Lipinski definition) is 0. The van der Waals surface area contributed by atoms with E-state index in [1.54, 1.807) is 0 Å². The molecule has 0 fully saturated rings. The lowest BCUT2D eigenvalue weighted by atomic mass is 10.1. The number of hydrogen-bond acceptors (Lipinski definition) is 5. The maximum Gasteiger partial charge on any atom is 0.306 e. The molecular weight excluding hydrogens is 741 g/mol. The second-order valence-corrected chi connectivity index (χ2v) is 15.2. The van der Waals surface area contributed by atoms with Crippen molar-refractivity contribution in [2.75, 3.05) is 19.8 Å². The third-order valence-corrected chi connectivity index (χ3v) is 9.49. The van der Waals surface area contributed by atoms with Gasteiger partial charge in [-0.2, -0.15) is 0 Å². The lowest BCUT2D eigenvalue weighted by Gasteiger charge is -2.18. The molecule has 0 radical (unpaired) electrons. The van der Waals surface area contributed by atoms with Crippen molar-refractivity contribution < 1.29 is 23.8 Å². The fourth-order valence-electron chi connectivity index (χ4n) is 5.98. The molecular formula is C55H88O5. The first-order valence-electron chi connectivity index (χ1n) is 24.1. The number of rotatable bonds is 42. The van der Waals surface area contributed by atoms with Crippen LogP contribution in [0.1, 0.15) is 188 Å². The number of carbonyl (C=O) groups excluding carboxylic acids is 2. The van der Waals surface area contributed by atoms with Crippen molar-refractivity contribution in [1.82, 2.24) is 0 Å². The Labute approximate surface area is 369 Å². The molecule has 0 aromatic heterocycles. The van der Waals surface area contributed by atoms with Gasteiger partial charge in [0.25, 0.3) is 0 Å². The van der Waals surface area contributed by atoms with Crippen molar-refractivity contribution in [2.45, 2.75) is 194 Å². The summed E-state index contributed by atoms with van der Waals surface area (Å²) in [5.74, 6) is -0.598. The van der Waals surface area contributed by atoms with Crippen LogP contribution in [0.3, 0.4) is 0 Å². The highest BCUT2D eigenvalue weighted by Gasteiger charge is 2.17. The Morgan fingerprint density at radius 3 is 1.20 bits per heavy atom. The molecule has 0 N–H and O–H groups in total. The van der Waals surface area contributed by atoms with Gasteiger partial charge in [-0.25, -0.2) is 0 Å². The molecule has 5 heteroatoms. The SMILES string of the molecule is CC/C=C\C/C=C\C/C=C\C/C=C\CCC(=O)OCC(COCCCCCCCCCC/C=C\C/C=C\CCCCC)OC(=O)CC/C=C\C/C=C\C/C=C\C/C=C\CC. The van der Waals surface area contributed by atoms with Gasteiger partial charge in [-0.05, 0) is 103 Å². The molecule has 0 aliphatic carbocycles. The van der Waals surface area contributed by atoms with E-state index in [1.165, 1.54) is 70.6 Å². The van der Waals surface area contributed by atoms with Gasteiger partial charge in [0.15, 0.2) is 6.10 Å². The van der Waals surface area contributed by atoms with Crippen molar-refractivity contribution in [3.8, 4) is 0 Å². The van der Waals surface area contributed by atoms with E-state index in [0.717, 1.165) is 70.6 Å². The van der Waals surface area contributed by atoms with Crippen molar-refractivity contribution in [3.05, 3.63) is 122 Å². The summed E-state index contributed by atoms with van der Waals surface area (Å²) < 4.78 is 17.2. The van der Waals surface area contributed by atoms with Crippen molar-refractivity contribution in [3.63, 3.8) is 0 Å². The van der Waals surface area contributed by atoms with E-state index in [0.29, 0.717) is 19.4 Å². The second-order valence-electron chi connectivity index (χ2n) is 15.2. The van der Waals surface area contributed by atoms with Crippen LogP contribution >= 0.6 is 0 Å². The standard InChI is InChI=1S/C55H88O5/c1-4-7-10-13-16-19-22-25-26-27-28-29-32-35-38-41-44-47-50-58-51-53(60-55(57)49-46-43-40-37-34-31-24-21-18-15-12-9-6-3)52-59-54(56)48-45-42-39-36-33-30-23-20-17-14-11-8-5-2/h8-9,11-12,16-21,25-26,30-31,33-34,39-40,42-43,53H,4-7,10,13-15,22-24,27-29,32,35-38,41,44-52H2,1-3H3/b11-8-,12-9-,19-16-,20-17-,21-18-,26-25-,33-30-,34-31-,42-39-,43-40-. The molecule has 5 nitrogen and oxygen atoms in total. The zero-order valence-electron chi connectivity index (χ0n) is 38.7. The third kappa shape index (κ3) is 47.0. The fraction of sp³-hybridized carbons (Fsp3) is 0.600. The minimum Gasteiger partial charge on any atom is -0.462 e. The van der Waals surface area contributed by atoms with E-state index in [-0.39, 0.29) is 38.0 Å². The maximum absolute atomic E-state index is 12.7. The number of esters is 2. The third-order valence-electron chi connectivity index (χ3n) is 9.49. The lowest BCUT2D eigenvalue weighted by Crippen LogP contribution is -2.30. The molecule has 0 bridgehead atoms. The van der Waals surface area contributed by atoms with Crippen LogP contribution in [0.5, 0.6) is 0 Å². The van der Waals surface area contributed by atoms with Crippen LogP contribution in [0.2, 0.25) is 0 Å². The molecule has 0 aliphatic heterocycles. The quantitative estimate of drug-likeness (QED) is 0.0348. The van der Waals surface area contributed by atoms with Crippen LogP contribution in [0.25, 0.3) is 0 Å². The Hall–Kier alpha value is -3.70. The van der Waals surface area contributed by atoms with Crippen LogP contribution in [0, 0.1) is 0 Å². The normalized spacial score (nSPS) is 13.3. The molecule has 0 saturated carbocycles. The van der Waals surface area contributed by atoms with Crippen molar-refractivity contribution >= 4 is 11.9 Å². The largest absolute Gasteiger partial charge is 0.462 e. The smallest absolute Gasteiger partial charge is 0.306 e. The summed E-state index contributed by atoms with van der Waals surface area (Å²) >= 11 is 0. The van der Waals surface area contributed by atoms with E-state index < -0.39 is 6.10 Å². The highest BCUT2D eigenvalue weighted by atomic mass is 16.6. The van der Waals surface area contributed by atoms with Gasteiger partial charge in [-0.15, -0.1) is 0 Å². The molecule has 0 aromatic carbocycles. The van der Waals surface area contributed by atoms with Crippen molar-refractivity contribution in [1.29, 1.82) is 0 Å². The molecule has 0 amide bonds. The second kappa shape index (κ2) is 49.7. The molecule has 0 aromatic rings. The number of carbonyl (C=O) groups is 2. The van der Waals surface area contributed by atoms with Gasteiger partial charge in [-0.1, -0.05) is 194 Å². The average molecular weight is 829 g/mol. The Morgan fingerprint density at radius 2 is 0.750 bits per heavy atom. The first-order valence-corrected chi connectivity index (χ1v) is 24.1. The first-order chi connectivity index (χ1) is 29.6. The predicted molar refractivity (Wildman–Crippen MR) is 260 cm³/mol. The number of unbranched alkanes of at least 4 members (excludes halogenated alkanes) is 11. The summed E-state index contributed by atoms with van der Waals surface area (Å²) in [6.07, 6.45) is 69.5. The molecule has 0 saturated heterocycles. The number of ether oxygens (including phenoxy) is 3. The zero-order valence-corrected chi connectivity index (χ0v) is 38.7. The molecule has 0 spiro atoms. The van der Waals surface area contributed by atoms with E-state index in [2.05, 4.69) is 130 Å². The van der Waals surface area contributed by atoms with E-state index in [4.69, 9.17) is 14.2 Å². The predicted octanol–water partition coefficient (Wildman–Crippen LogP) is 16.2. The summed E-state index contributed by atoms with van der Waals surface area (Å²) in [7, 11) is 0. The first kappa shape index (κ1) is 56.3. The van der Waals surface area contributed by atoms with Gasteiger partial charge in [0, 0.05) is 19.4 Å². The molecule has 0 aliphatic rings. The average Bonchev–Trinajstić information content (AvgIpc) is 3.25. The van der Waals surface area contributed by atoms with Crippen LogP contribution in [0.15, 0.2) is 122 Å². The molecule has 0 rings (SSSR count). The van der Waals surface area contributed by atoms with Gasteiger partial charge in [0.2, 0.25) is 0 Å². The molecule has 60 heavy (non-hydrogen) atoms. The van der Waals surface area contributed by atoms with Gasteiger partial charge >= 0.3 is 11.9 Å². The van der Waals surface area contributed by atoms with Crippen LogP contribution in [-0.4, -0.2) is 37.9 Å². The highest BCUT2D eigenvalue weighted by molar-refractivity contribution is 5.70. The highest BCUT2D eigenvalue weighted by Crippen LogP contribution is 2.11. The van der Waals surface area contributed by atoms with Gasteiger partial charge in [-0.3, -0.25) is 9.59 Å². The maximum atomic E-state index is 12.7. The zero-order chi connectivity index (χ0) is 43.5.